The van der Waals surface area contributed by atoms with Gasteiger partial charge in [0.2, 0.25) is 0 Å². The maximum atomic E-state index is 12.8. The zero-order valence-corrected chi connectivity index (χ0v) is 36.2. The molecule has 1 aliphatic rings. The Kier molecular flexibility index (Phi) is 32.0. The average molecular weight is 845 g/mol. The number of aliphatic hydroxyl groups excluding tert-OH is 5. The van der Waals surface area contributed by atoms with Gasteiger partial charge in [0.1, 0.15) is 43.2 Å². The lowest BCUT2D eigenvalue weighted by atomic mass is 9.85. The first kappa shape index (κ1) is 53.8. The number of ether oxygens (including phenoxy) is 2. The van der Waals surface area contributed by atoms with E-state index in [2.05, 4.69) is 62.5 Å². The summed E-state index contributed by atoms with van der Waals surface area (Å²) in [6, 6.07) is 0. The zero-order valence-electron chi connectivity index (χ0n) is 35.3. The van der Waals surface area contributed by atoms with Crippen LogP contribution in [0.15, 0.2) is 48.6 Å². The smallest absolute Gasteiger partial charge is 0.462 e. The van der Waals surface area contributed by atoms with Gasteiger partial charge in [-0.3, -0.25) is 18.6 Å². The largest absolute Gasteiger partial charge is 0.472 e. The number of carbonyl (C=O) groups excluding carboxylic acids is 2. The Hall–Kier alpha value is -2.19. The molecule has 0 aromatic rings. The number of carbonyl (C=O) groups is 2. The molecule has 6 unspecified atom stereocenters. The molecule has 1 rings (SSSR count). The molecule has 336 valence electrons. The van der Waals surface area contributed by atoms with Gasteiger partial charge in [0, 0.05) is 12.8 Å². The lowest BCUT2D eigenvalue weighted by molar-refractivity contribution is -0.220. The highest BCUT2D eigenvalue weighted by molar-refractivity contribution is 7.47. The Morgan fingerprint density at radius 2 is 0.966 bits per heavy atom. The summed E-state index contributed by atoms with van der Waals surface area (Å²) in [7, 11) is -5.12. The SMILES string of the molecule is CCC/C=C/C/C=C/C/C=C/C/C=C/CCCCCC(=O)OC[C@@H](COP(=O)(O)OC1C(O)C(O)C(O)[C@H](O)C1O)OC(=O)CCCCCCCCCCCCCC. The van der Waals surface area contributed by atoms with Crippen molar-refractivity contribution in [1.29, 1.82) is 0 Å². The van der Waals surface area contributed by atoms with Crippen LogP contribution in [0, 0.1) is 0 Å². The highest BCUT2D eigenvalue weighted by atomic mass is 31.2. The lowest BCUT2D eigenvalue weighted by Gasteiger charge is -2.41. The molecule has 0 aliphatic heterocycles. The molecule has 58 heavy (non-hydrogen) atoms. The molecule has 14 heteroatoms. The van der Waals surface area contributed by atoms with Gasteiger partial charge in [-0.2, -0.15) is 0 Å². The molecule has 0 heterocycles. The number of esters is 2. The molecule has 1 saturated carbocycles. The summed E-state index contributed by atoms with van der Waals surface area (Å²) in [5, 5.41) is 50.1. The van der Waals surface area contributed by atoms with Crippen LogP contribution in [-0.4, -0.2) is 98.3 Å². The van der Waals surface area contributed by atoms with Gasteiger partial charge in [-0.15, -0.1) is 0 Å². The fourth-order valence-electron chi connectivity index (χ4n) is 6.34. The second-order valence-electron chi connectivity index (χ2n) is 15.2. The Balaban J connectivity index is 2.50. The zero-order chi connectivity index (χ0) is 42.9. The second kappa shape index (κ2) is 34.5. The van der Waals surface area contributed by atoms with Gasteiger partial charge >= 0.3 is 19.8 Å². The second-order valence-corrected chi connectivity index (χ2v) is 16.6. The van der Waals surface area contributed by atoms with Gasteiger partial charge in [-0.1, -0.05) is 146 Å². The van der Waals surface area contributed by atoms with E-state index in [0.717, 1.165) is 70.6 Å². The van der Waals surface area contributed by atoms with E-state index in [-0.39, 0.29) is 12.8 Å². The molecule has 0 saturated heterocycles. The summed E-state index contributed by atoms with van der Waals surface area (Å²) in [6.45, 7) is 3.18. The number of allylic oxidation sites excluding steroid dienone is 8. The molecular weight excluding hydrogens is 767 g/mol. The van der Waals surface area contributed by atoms with Crippen molar-refractivity contribution in [1.82, 2.24) is 0 Å². The topological polar surface area (TPSA) is 210 Å². The van der Waals surface area contributed by atoms with Crippen molar-refractivity contribution >= 4 is 19.8 Å². The summed E-state index contributed by atoms with van der Waals surface area (Å²) in [6.07, 6.45) is 26.0. The van der Waals surface area contributed by atoms with E-state index in [4.69, 9.17) is 18.5 Å². The molecule has 0 radical (unpaired) electrons. The number of unbranched alkanes of at least 4 members (excludes halogenated alkanes) is 15. The molecule has 0 bridgehead atoms. The standard InChI is InChI=1S/C44H77O13P/c1-3-5-7-9-11-13-15-17-18-19-20-21-23-24-26-28-30-32-37(45)54-34-36(56-38(46)33-31-29-27-25-22-16-14-12-10-8-6-4-2)35-55-58(52,53)57-44-42(50)40(48)39(47)41(49)43(44)51/h7,9,13,15,18-19,21,23,36,39-44,47-51H,3-6,8,10-12,14,16-17,20,22,24-35H2,1-2H3,(H,52,53)/b9-7+,15-13+,19-18+,23-21+/t36-,39?,40-,41?,42?,43?,44?/m0/s1. The maximum Gasteiger partial charge on any atom is 0.472 e. The van der Waals surface area contributed by atoms with Crippen molar-refractivity contribution in [3.05, 3.63) is 48.6 Å². The van der Waals surface area contributed by atoms with Crippen LogP contribution < -0.4 is 0 Å². The molecule has 8 atom stereocenters. The minimum atomic E-state index is -5.12. The first-order valence-electron chi connectivity index (χ1n) is 21.9. The summed E-state index contributed by atoms with van der Waals surface area (Å²) in [5.74, 6) is -1.14. The first-order valence-corrected chi connectivity index (χ1v) is 23.4. The van der Waals surface area contributed by atoms with E-state index in [1.807, 2.05) is 0 Å². The average Bonchev–Trinajstić information content (AvgIpc) is 3.20. The Morgan fingerprint density at radius 1 is 0.534 bits per heavy atom. The molecule has 1 aliphatic carbocycles. The van der Waals surface area contributed by atoms with Crippen molar-refractivity contribution in [3.63, 3.8) is 0 Å². The van der Waals surface area contributed by atoms with Gasteiger partial charge in [-0.05, 0) is 51.4 Å². The van der Waals surface area contributed by atoms with E-state index in [1.54, 1.807) is 0 Å². The van der Waals surface area contributed by atoms with Crippen molar-refractivity contribution in [2.75, 3.05) is 13.2 Å². The van der Waals surface area contributed by atoms with Crippen LogP contribution in [-0.2, 0) is 32.7 Å². The molecule has 1 fully saturated rings. The summed E-state index contributed by atoms with van der Waals surface area (Å²) >= 11 is 0. The number of hydrogen-bond donors (Lipinski definition) is 6. The monoisotopic (exact) mass is 845 g/mol. The minimum Gasteiger partial charge on any atom is -0.462 e. The summed E-state index contributed by atoms with van der Waals surface area (Å²) < 4.78 is 33.4. The predicted octanol–water partition coefficient (Wildman–Crippen LogP) is 8.00. The molecule has 13 nitrogen and oxygen atoms in total. The van der Waals surface area contributed by atoms with Gasteiger partial charge in [0.05, 0.1) is 6.61 Å². The first-order chi connectivity index (χ1) is 27.9. The van der Waals surface area contributed by atoms with Crippen molar-refractivity contribution in [2.24, 2.45) is 0 Å². The van der Waals surface area contributed by atoms with Crippen molar-refractivity contribution in [3.8, 4) is 0 Å². The van der Waals surface area contributed by atoms with Gasteiger partial charge in [0.25, 0.3) is 0 Å². The molecule has 0 aromatic heterocycles. The van der Waals surface area contributed by atoms with E-state index in [9.17, 15) is 44.6 Å². The Labute approximate surface area is 348 Å². The number of hydrogen-bond acceptors (Lipinski definition) is 12. The minimum absolute atomic E-state index is 0.0903. The van der Waals surface area contributed by atoms with Gasteiger partial charge in [0.15, 0.2) is 6.10 Å². The number of phosphoric acid groups is 1. The molecule has 0 spiro atoms. The van der Waals surface area contributed by atoms with E-state index in [1.165, 1.54) is 51.4 Å². The van der Waals surface area contributed by atoms with Crippen LogP contribution in [0.1, 0.15) is 162 Å². The fourth-order valence-corrected chi connectivity index (χ4v) is 7.31. The van der Waals surface area contributed by atoms with Crippen LogP contribution >= 0.6 is 7.82 Å². The van der Waals surface area contributed by atoms with Crippen LogP contribution in [0.2, 0.25) is 0 Å². The number of aliphatic hydroxyl groups is 5. The Bertz CT molecular complexity index is 1210. The van der Waals surface area contributed by atoms with E-state index in [0.29, 0.717) is 12.8 Å². The van der Waals surface area contributed by atoms with Gasteiger partial charge < -0.3 is 39.9 Å². The summed E-state index contributed by atoms with van der Waals surface area (Å²) in [5.41, 5.74) is 0. The molecule has 6 N–H and O–H groups in total. The van der Waals surface area contributed by atoms with Crippen LogP contribution in [0.4, 0.5) is 0 Å². The predicted molar refractivity (Wildman–Crippen MR) is 226 cm³/mol. The third kappa shape index (κ3) is 26.8. The molecular formula is C44H77O13P. The number of phosphoric ester groups is 1. The van der Waals surface area contributed by atoms with Crippen molar-refractivity contribution in [2.45, 2.75) is 204 Å². The fraction of sp³-hybridized carbons (Fsp3) is 0.773. The highest BCUT2D eigenvalue weighted by Gasteiger charge is 2.51. The normalized spacial score (nSPS) is 23.0. The molecule has 0 aromatic carbocycles. The number of rotatable bonds is 35. The molecule has 0 amide bonds. The third-order valence-electron chi connectivity index (χ3n) is 9.90. The van der Waals surface area contributed by atoms with Crippen molar-refractivity contribution < 1.29 is 63.1 Å². The lowest BCUT2D eigenvalue weighted by Crippen LogP contribution is -2.64. The maximum absolute atomic E-state index is 12.8. The van der Waals surface area contributed by atoms with E-state index >= 15 is 0 Å². The summed E-state index contributed by atoms with van der Waals surface area (Å²) in [4.78, 5) is 35.6. The van der Waals surface area contributed by atoms with Crippen LogP contribution in [0.3, 0.4) is 0 Å². The third-order valence-corrected chi connectivity index (χ3v) is 10.9. The van der Waals surface area contributed by atoms with Crippen LogP contribution in [0.5, 0.6) is 0 Å². The van der Waals surface area contributed by atoms with Crippen LogP contribution in [0.25, 0.3) is 0 Å². The highest BCUT2D eigenvalue weighted by Crippen LogP contribution is 2.47. The quantitative estimate of drug-likeness (QED) is 0.0155. The van der Waals surface area contributed by atoms with Gasteiger partial charge in [-0.25, -0.2) is 4.57 Å². The Morgan fingerprint density at radius 3 is 1.48 bits per heavy atom. The van der Waals surface area contributed by atoms with E-state index < -0.39 is 75.7 Å².